The zero-order valence-corrected chi connectivity index (χ0v) is 14.6. The summed E-state index contributed by atoms with van der Waals surface area (Å²) in [6.45, 7) is 0. The normalized spacial score (nSPS) is 10.5. The fourth-order valence-corrected chi connectivity index (χ4v) is 2.96. The van der Waals surface area contributed by atoms with Gasteiger partial charge in [0.15, 0.2) is 0 Å². The quantitative estimate of drug-likeness (QED) is 0.392. The third kappa shape index (κ3) is 3.35. The molecule has 126 valence electrons. The Morgan fingerprint density at radius 2 is 1.08 bits per heavy atom. The number of methoxy groups -OCH3 is 1. The Hall–Kier alpha value is -3.39. The molecular weight excluding hydrogens is 320 g/mol. The highest BCUT2D eigenvalue weighted by molar-refractivity contribution is 5.75. The minimum Gasteiger partial charge on any atom is -0.497 e. The van der Waals surface area contributed by atoms with Gasteiger partial charge in [-0.05, 0) is 42.0 Å². The first-order valence-electron chi connectivity index (χ1n) is 8.57. The van der Waals surface area contributed by atoms with Gasteiger partial charge in [0.2, 0.25) is 0 Å². The van der Waals surface area contributed by atoms with E-state index in [4.69, 9.17) is 9.15 Å². The predicted octanol–water partition coefficient (Wildman–Crippen LogP) is 6.57. The van der Waals surface area contributed by atoms with Gasteiger partial charge in [0.25, 0.3) is 0 Å². The minimum absolute atomic E-state index is 0.838. The van der Waals surface area contributed by atoms with Gasteiger partial charge in [-0.15, -0.1) is 0 Å². The Bertz CT molecular complexity index is 951. The van der Waals surface area contributed by atoms with E-state index in [9.17, 15) is 0 Å². The second kappa shape index (κ2) is 7.24. The molecule has 0 saturated carbocycles. The third-order valence-electron chi connectivity index (χ3n) is 4.31. The lowest BCUT2D eigenvalue weighted by atomic mass is 10.0. The zero-order chi connectivity index (χ0) is 17.8. The van der Waals surface area contributed by atoms with E-state index in [1.54, 1.807) is 7.11 Å². The Balaban J connectivity index is 1.90. The van der Waals surface area contributed by atoms with Gasteiger partial charge in [0.1, 0.15) is 5.75 Å². The first-order valence-corrected chi connectivity index (χ1v) is 8.57. The molecule has 0 aliphatic carbocycles. The summed E-state index contributed by atoms with van der Waals surface area (Å²) in [7, 11) is 1.68. The van der Waals surface area contributed by atoms with E-state index in [2.05, 4.69) is 42.5 Å². The second-order valence-corrected chi connectivity index (χ2v) is 6.04. The molecule has 0 unspecified atom stereocenters. The van der Waals surface area contributed by atoms with Gasteiger partial charge < -0.3 is 4.74 Å². The van der Waals surface area contributed by atoms with Gasteiger partial charge in [-0.25, -0.2) is 4.42 Å². The summed E-state index contributed by atoms with van der Waals surface area (Å²) in [5.74, 6) is 2.51. The number of hydrogen-bond donors (Lipinski definition) is 0. The Morgan fingerprint density at radius 3 is 1.62 bits per heavy atom. The SMILES string of the molecule is COc1cccc(-c2cc(-c3ccccc3)[o+]c(-c3ccccc3)c2)c1. The molecule has 4 aromatic rings. The summed E-state index contributed by atoms with van der Waals surface area (Å²) in [5.41, 5.74) is 4.28. The lowest BCUT2D eigenvalue weighted by molar-refractivity contribution is 0.415. The molecule has 0 atom stereocenters. The highest BCUT2D eigenvalue weighted by Gasteiger charge is 2.20. The monoisotopic (exact) mass is 339 g/mol. The van der Waals surface area contributed by atoms with Crippen LogP contribution in [0.1, 0.15) is 0 Å². The van der Waals surface area contributed by atoms with Crippen molar-refractivity contribution < 1.29 is 9.15 Å². The average molecular weight is 339 g/mol. The van der Waals surface area contributed by atoms with Gasteiger partial charge in [-0.1, -0.05) is 48.5 Å². The molecule has 26 heavy (non-hydrogen) atoms. The van der Waals surface area contributed by atoms with E-state index in [0.717, 1.165) is 39.5 Å². The van der Waals surface area contributed by atoms with Crippen LogP contribution in [0, 0.1) is 0 Å². The summed E-state index contributed by atoms with van der Waals surface area (Å²) in [4.78, 5) is 0. The molecule has 0 spiro atoms. The van der Waals surface area contributed by atoms with Crippen LogP contribution in [0.3, 0.4) is 0 Å². The van der Waals surface area contributed by atoms with Crippen LogP contribution < -0.4 is 4.74 Å². The molecule has 0 saturated heterocycles. The number of benzene rings is 3. The standard InChI is InChI=1S/C24H19O2/c1-25-22-14-8-13-20(15-22)21-16-23(18-9-4-2-5-10-18)26-24(17-21)19-11-6-3-7-12-19/h2-17H,1H3/q+1. The van der Waals surface area contributed by atoms with Crippen LogP contribution in [0.2, 0.25) is 0 Å². The van der Waals surface area contributed by atoms with Gasteiger partial charge in [-0.3, -0.25) is 0 Å². The Labute approximate surface area is 153 Å². The van der Waals surface area contributed by atoms with E-state index < -0.39 is 0 Å². The van der Waals surface area contributed by atoms with Gasteiger partial charge >= 0.3 is 11.5 Å². The molecule has 0 fully saturated rings. The molecule has 0 aliphatic rings. The topological polar surface area (TPSA) is 20.5 Å². The summed E-state index contributed by atoms with van der Waals surface area (Å²) < 4.78 is 11.6. The highest BCUT2D eigenvalue weighted by Crippen LogP contribution is 2.33. The van der Waals surface area contributed by atoms with Crippen molar-refractivity contribution in [1.29, 1.82) is 0 Å². The maximum Gasteiger partial charge on any atom is 0.361 e. The van der Waals surface area contributed by atoms with E-state index in [1.807, 2.05) is 54.6 Å². The van der Waals surface area contributed by atoms with Crippen LogP contribution in [-0.4, -0.2) is 7.11 Å². The van der Waals surface area contributed by atoms with Crippen LogP contribution in [0.5, 0.6) is 5.75 Å². The van der Waals surface area contributed by atoms with E-state index in [0.29, 0.717) is 0 Å². The molecule has 0 N–H and O–H groups in total. The fraction of sp³-hybridized carbons (Fsp3) is 0.0417. The second-order valence-electron chi connectivity index (χ2n) is 6.04. The molecule has 0 amide bonds. The fourth-order valence-electron chi connectivity index (χ4n) is 2.96. The van der Waals surface area contributed by atoms with Gasteiger partial charge in [0.05, 0.1) is 30.4 Å². The number of rotatable bonds is 4. The van der Waals surface area contributed by atoms with Crippen molar-refractivity contribution in [3.05, 3.63) is 97.1 Å². The smallest absolute Gasteiger partial charge is 0.361 e. The van der Waals surface area contributed by atoms with E-state index in [-0.39, 0.29) is 0 Å². The summed E-state index contributed by atoms with van der Waals surface area (Å²) in [5, 5.41) is 0. The molecular formula is C24H19O2+. The first kappa shape index (κ1) is 16.1. The maximum atomic E-state index is 6.24. The van der Waals surface area contributed by atoms with Crippen molar-refractivity contribution in [2.75, 3.05) is 7.11 Å². The lowest BCUT2D eigenvalue weighted by Gasteiger charge is -2.05. The van der Waals surface area contributed by atoms with Crippen LogP contribution >= 0.6 is 0 Å². The van der Waals surface area contributed by atoms with E-state index in [1.165, 1.54) is 0 Å². The average Bonchev–Trinajstić information content (AvgIpc) is 2.75. The highest BCUT2D eigenvalue weighted by atomic mass is 16.5. The molecule has 1 heterocycles. The number of ether oxygens (including phenoxy) is 1. The third-order valence-corrected chi connectivity index (χ3v) is 4.31. The molecule has 3 aromatic carbocycles. The largest absolute Gasteiger partial charge is 0.497 e. The van der Waals surface area contributed by atoms with Gasteiger partial charge in [-0.2, -0.15) is 0 Å². The van der Waals surface area contributed by atoms with Crippen LogP contribution in [0.4, 0.5) is 0 Å². The first-order chi connectivity index (χ1) is 12.8. The van der Waals surface area contributed by atoms with Crippen LogP contribution in [0.15, 0.2) is 101 Å². The molecule has 4 rings (SSSR count). The minimum atomic E-state index is 0.838. The van der Waals surface area contributed by atoms with Crippen molar-refractivity contribution in [2.45, 2.75) is 0 Å². The maximum absolute atomic E-state index is 6.24. The van der Waals surface area contributed by atoms with E-state index >= 15 is 0 Å². The van der Waals surface area contributed by atoms with Crippen LogP contribution in [-0.2, 0) is 0 Å². The lowest BCUT2D eigenvalue weighted by Crippen LogP contribution is -1.87. The molecule has 0 aliphatic heterocycles. The molecule has 1 aromatic heterocycles. The molecule has 2 heteroatoms. The van der Waals surface area contributed by atoms with Crippen molar-refractivity contribution in [3.63, 3.8) is 0 Å². The predicted molar refractivity (Wildman–Crippen MR) is 106 cm³/mol. The van der Waals surface area contributed by atoms with Crippen molar-refractivity contribution in [1.82, 2.24) is 0 Å². The van der Waals surface area contributed by atoms with Crippen molar-refractivity contribution >= 4 is 0 Å². The zero-order valence-electron chi connectivity index (χ0n) is 14.6. The summed E-state index contributed by atoms with van der Waals surface area (Å²) in [6.07, 6.45) is 0. The summed E-state index contributed by atoms with van der Waals surface area (Å²) in [6, 6.07) is 32.6. The molecule has 0 bridgehead atoms. The molecule has 2 nitrogen and oxygen atoms in total. The summed E-state index contributed by atoms with van der Waals surface area (Å²) >= 11 is 0. The Morgan fingerprint density at radius 1 is 0.538 bits per heavy atom. The molecule has 0 radical (unpaired) electrons. The Kier molecular flexibility index (Phi) is 4.48. The van der Waals surface area contributed by atoms with Crippen molar-refractivity contribution in [3.8, 4) is 39.5 Å². The van der Waals surface area contributed by atoms with Crippen LogP contribution in [0.25, 0.3) is 33.8 Å². The number of hydrogen-bond acceptors (Lipinski definition) is 1. The van der Waals surface area contributed by atoms with Gasteiger partial charge in [0, 0.05) is 5.56 Å². The van der Waals surface area contributed by atoms with Crippen molar-refractivity contribution in [2.24, 2.45) is 0 Å².